The highest BCUT2D eigenvalue weighted by molar-refractivity contribution is 7.98. The number of H-pyrrole nitrogens is 1. The van der Waals surface area contributed by atoms with Crippen LogP contribution >= 0.6 is 23.1 Å². The van der Waals surface area contributed by atoms with Crippen LogP contribution in [0.4, 0.5) is 0 Å². The number of nitrogens with one attached hydrogen (secondary N) is 1. The first-order chi connectivity index (χ1) is 13.3. The lowest BCUT2D eigenvalue weighted by molar-refractivity contribution is 0.0531. The summed E-state index contributed by atoms with van der Waals surface area (Å²) in [6.07, 6.45) is 0. The van der Waals surface area contributed by atoms with Gasteiger partial charge in [0.15, 0.2) is 0 Å². The van der Waals surface area contributed by atoms with Gasteiger partial charge in [0.05, 0.1) is 17.2 Å². The first kappa shape index (κ1) is 20.6. The first-order valence-electron chi connectivity index (χ1n) is 9.20. The van der Waals surface area contributed by atoms with Gasteiger partial charge in [-0.2, -0.15) is 0 Å². The number of aromatic amines is 1. The number of rotatable bonds is 6. The lowest BCUT2D eigenvalue weighted by Crippen LogP contribution is -2.13. The Morgan fingerprint density at radius 3 is 2.79 bits per heavy atom. The number of hydrogen-bond donors (Lipinski definition) is 1. The number of carbonyl (C=O) groups excluding carboxylic acids is 1. The minimum Gasteiger partial charge on any atom is -0.462 e. The fourth-order valence-electron chi connectivity index (χ4n) is 2.99. The number of carbonyl (C=O) groups is 1. The molecule has 0 saturated carbocycles. The van der Waals surface area contributed by atoms with Crippen molar-refractivity contribution >= 4 is 39.3 Å². The summed E-state index contributed by atoms with van der Waals surface area (Å²) >= 11 is 2.95. The second-order valence-corrected chi connectivity index (χ2v) is 9.12. The molecule has 0 fully saturated rings. The second kappa shape index (κ2) is 8.49. The number of hydrogen-bond acceptors (Lipinski definition) is 6. The fraction of sp³-hybridized carbons (Fsp3) is 0.381. The predicted octanol–water partition coefficient (Wildman–Crippen LogP) is 5.08. The number of aromatic nitrogens is 2. The lowest BCUT2D eigenvalue weighted by atomic mass is 10.1. The van der Waals surface area contributed by atoms with Crippen molar-refractivity contribution in [2.24, 2.45) is 0 Å². The minimum atomic E-state index is -0.402. The molecule has 0 amide bonds. The summed E-state index contributed by atoms with van der Waals surface area (Å²) in [6.45, 7) is 10.1. The highest BCUT2D eigenvalue weighted by atomic mass is 32.2. The van der Waals surface area contributed by atoms with Gasteiger partial charge in [-0.3, -0.25) is 4.79 Å². The van der Waals surface area contributed by atoms with Crippen LogP contribution in [0.2, 0.25) is 0 Å². The standard InChI is InChI=1S/C21H24N2O3S2/c1-6-26-21(25)17-13(4)16-19(24)22-18(23-20(16)28-17)14(5)27-10-15-9-11(2)7-8-12(15)3/h7-9,14H,6,10H2,1-5H3,(H,22,23,24)/t14-/m1/s1. The number of ether oxygens (including phenoxy) is 1. The van der Waals surface area contributed by atoms with Crippen LogP contribution in [0.3, 0.4) is 0 Å². The topological polar surface area (TPSA) is 72.0 Å². The maximum Gasteiger partial charge on any atom is 0.348 e. The van der Waals surface area contributed by atoms with Crippen molar-refractivity contribution < 1.29 is 9.53 Å². The predicted molar refractivity (Wildman–Crippen MR) is 117 cm³/mol. The Morgan fingerprint density at radius 1 is 1.32 bits per heavy atom. The van der Waals surface area contributed by atoms with Gasteiger partial charge in [-0.25, -0.2) is 9.78 Å². The Labute approximate surface area is 172 Å². The normalized spacial score (nSPS) is 12.3. The Kier molecular flexibility index (Phi) is 6.25. The quantitative estimate of drug-likeness (QED) is 0.567. The van der Waals surface area contributed by atoms with E-state index < -0.39 is 5.97 Å². The lowest BCUT2D eigenvalue weighted by Gasteiger charge is -2.12. The van der Waals surface area contributed by atoms with Crippen molar-refractivity contribution in [1.82, 2.24) is 9.97 Å². The molecule has 0 aliphatic heterocycles. The van der Waals surface area contributed by atoms with E-state index in [-0.39, 0.29) is 10.8 Å². The zero-order valence-electron chi connectivity index (χ0n) is 16.7. The smallest absolute Gasteiger partial charge is 0.348 e. The van der Waals surface area contributed by atoms with Gasteiger partial charge >= 0.3 is 5.97 Å². The van der Waals surface area contributed by atoms with Gasteiger partial charge < -0.3 is 9.72 Å². The molecule has 1 N–H and O–H groups in total. The molecule has 0 bridgehead atoms. The third-order valence-electron chi connectivity index (χ3n) is 4.66. The molecule has 0 saturated heterocycles. The Hall–Kier alpha value is -2.12. The summed E-state index contributed by atoms with van der Waals surface area (Å²) in [5.41, 5.74) is 4.22. The molecule has 7 heteroatoms. The SMILES string of the molecule is CCOC(=O)c1sc2nc([C@@H](C)SCc3cc(C)ccc3C)[nH]c(=O)c2c1C. The molecular weight excluding hydrogens is 392 g/mol. The van der Waals surface area contributed by atoms with E-state index in [0.29, 0.717) is 33.1 Å². The summed E-state index contributed by atoms with van der Waals surface area (Å²) in [7, 11) is 0. The number of benzene rings is 1. The van der Waals surface area contributed by atoms with Crippen LogP contribution in [0.15, 0.2) is 23.0 Å². The Balaban J connectivity index is 1.87. The Morgan fingerprint density at radius 2 is 2.07 bits per heavy atom. The van der Waals surface area contributed by atoms with Gasteiger partial charge in [0.1, 0.15) is 15.5 Å². The molecule has 0 aliphatic rings. The van der Waals surface area contributed by atoms with Gasteiger partial charge in [0.25, 0.3) is 5.56 Å². The highest BCUT2D eigenvalue weighted by Gasteiger charge is 2.21. The van der Waals surface area contributed by atoms with E-state index in [2.05, 4.69) is 42.0 Å². The van der Waals surface area contributed by atoms with Crippen molar-refractivity contribution in [3.8, 4) is 0 Å². The molecule has 28 heavy (non-hydrogen) atoms. The zero-order chi connectivity index (χ0) is 20.4. The number of nitrogens with zero attached hydrogens (tertiary/aromatic N) is 1. The number of aryl methyl sites for hydroxylation is 3. The summed E-state index contributed by atoms with van der Waals surface area (Å²) < 4.78 is 5.09. The van der Waals surface area contributed by atoms with Crippen molar-refractivity contribution in [2.75, 3.05) is 6.61 Å². The molecule has 2 aromatic heterocycles. The van der Waals surface area contributed by atoms with E-state index in [1.54, 1.807) is 25.6 Å². The first-order valence-corrected chi connectivity index (χ1v) is 11.1. The zero-order valence-corrected chi connectivity index (χ0v) is 18.3. The average molecular weight is 417 g/mol. The van der Waals surface area contributed by atoms with E-state index in [0.717, 1.165) is 5.75 Å². The van der Waals surface area contributed by atoms with Crippen LogP contribution in [-0.2, 0) is 10.5 Å². The molecular formula is C21H24N2O3S2. The molecule has 0 aliphatic carbocycles. The van der Waals surface area contributed by atoms with Gasteiger partial charge in [0.2, 0.25) is 0 Å². The van der Waals surface area contributed by atoms with Gasteiger partial charge in [0, 0.05) is 5.75 Å². The van der Waals surface area contributed by atoms with Crippen LogP contribution in [0, 0.1) is 20.8 Å². The maximum atomic E-state index is 12.6. The molecule has 0 spiro atoms. The summed E-state index contributed by atoms with van der Waals surface area (Å²) in [4.78, 5) is 33.3. The molecule has 0 unspecified atom stereocenters. The average Bonchev–Trinajstić information content (AvgIpc) is 2.99. The number of fused-ring (bicyclic) bond motifs is 1. The third kappa shape index (κ3) is 4.15. The van der Waals surface area contributed by atoms with Crippen LogP contribution in [0.25, 0.3) is 10.2 Å². The number of thioether (sulfide) groups is 1. The largest absolute Gasteiger partial charge is 0.462 e. The van der Waals surface area contributed by atoms with Crippen LogP contribution < -0.4 is 5.56 Å². The van der Waals surface area contributed by atoms with E-state index in [4.69, 9.17) is 4.74 Å². The minimum absolute atomic E-state index is 0.0189. The molecule has 5 nitrogen and oxygen atoms in total. The van der Waals surface area contributed by atoms with E-state index in [9.17, 15) is 9.59 Å². The molecule has 148 valence electrons. The van der Waals surface area contributed by atoms with Crippen LogP contribution in [0.5, 0.6) is 0 Å². The highest BCUT2D eigenvalue weighted by Crippen LogP contribution is 2.33. The van der Waals surface area contributed by atoms with Crippen LogP contribution in [0.1, 0.15) is 56.8 Å². The molecule has 1 atom stereocenters. The van der Waals surface area contributed by atoms with Gasteiger partial charge in [-0.15, -0.1) is 23.1 Å². The maximum absolute atomic E-state index is 12.6. The van der Waals surface area contributed by atoms with Crippen LogP contribution in [-0.4, -0.2) is 22.5 Å². The molecule has 2 heterocycles. The van der Waals surface area contributed by atoms with E-state index >= 15 is 0 Å². The third-order valence-corrected chi connectivity index (χ3v) is 7.02. The summed E-state index contributed by atoms with van der Waals surface area (Å²) in [5.74, 6) is 1.07. The van der Waals surface area contributed by atoms with Crippen molar-refractivity contribution in [1.29, 1.82) is 0 Å². The fourth-order valence-corrected chi connectivity index (χ4v) is 5.09. The van der Waals surface area contributed by atoms with Crippen molar-refractivity contribution in [2.45, 2.75) is 45.6 Å². The monoisotopic (exact) mass is 416 g/mol. The van der Waals surface area contributed by atoms with Gasteiger partial charge in [-0.05, 0) is 51.3 Å². The number of esters is 1. The van der Waals surface area contributed by atoms with E-state index in [1.807, 2.05) is 6.92 Å². The molecule has 1 aromatic carbocycles. The molecule has 0 radical (unpaired) electrons. The Bertz CT molecular complexity index is 1090. The van der Waals surface area contributed by atoms with E-state index in [1.165, 1.54) is 28.0 Å². The number of thiophene rings is 1. The van der Waals surface area contributed by atoms with Crippen molar-refractivity contribution in [3.05, 3.63) is 61.5 Å². The molecule has 3 aromatic rings. The van der Waals surface area contributed by atoms with Gasteiger partial charge in [-0.1, -0.05) is 23.8 Å². The second-order valence-electron chi connectivity index (χ2n) is 6.79. The van der Waals surface area contributed by atoms with Crippen molar-refractivity contribution in [3.63, 3.8) is 0 Å². The summed E-state index contributed by atoms with van der Waals surface area (Å²) in [6, 6.07) is 6.44. The summed E-state index contributed by atoms with van der Waals surface area (Å²) in [5, 5.41) is 0.494. The molecule has 3 rings (SSSR count).